The van der Waals surface area contributed by atoms with E-state index in [4.69, 9.17) is 4.74 Å². The van der Waals surface area contributed by atoms with E-state index in [0.29, 0.717) is 26.1 Å². The first kappa shape index (κ1) is 17.7. The Bertz CT molecular complexity index is 484. The highest BCUT2D eigenvalue weighted by Gasteiger charge is 2.40. The number of nitrogens with zero attached hydrogens (tertiary/aromatic N) is 1. The maximum atomic E-state index is 11.9. The number of hydrogen-bond acceptors (Lipinski definition) is 5. The second-order valence-electron chi connectivity index (χ2n) is 5.41. The molecule has 2 N–H and O–H groups in total. The highest BCUT2D eigenvalue weighted by Crippen LogP contribution is 2.30. The Morgan fingerprint density at radius 1 is 1.33 bits per heavy atom. The maximum Gasteiger partial charge on any atom is 0.317 e. The van der Waals surface area contributed by atoms with Crippen LogP contribution in [0.15, 0.2) is 0 Å². The van der Waals surface area contributed by atoms with Crippen LogP contribution in [-0.2, 0) is 19.4 Å². The van der Waals surface area contributed by atoms with Gasteiger partial charge in [0.15, 0.2) is 0 Å². The van der Waals surface area contributed by atoms with Crippen molar-refractivity contribution in [2.45, 2.75) is 12.8 Å². The number of carbonyl (C=O) groups is 2. The second-order valence-corrected chi connectivity index (χ2v) is 7.67. The number of amides is 2. The second kappa shape index (κ2) is 7.08. The summed E-state index contributed by atoms with van der Waals surface area (Å²) in [6.07, 6.45) is 1.78. The van der Waals surface area contributed by atoms with Crippen LogP contribution in [0.2, 0.25) is 0 Å². The lowest BCUT2D eigenvalue weighted by Gasteiger charge is -2.33. The van der Waals surface area contributed by atoms with Gasteiger partial charge in [0.05, 0.1) is 11.2 Å². The third-order valence-electron chi connectivity index (χ3n) is 3.63. The summed E-state index contributed by atoms with van der Waals surface area (Å²) < 4.78 is 27.3. The van der Waals surface area contributed by atoms with E-state index >= 15 is 0 Å². The van der Waals surface area contributed by atoms with Crippen molar-refractivity contribution >= 4 is 21.8 Å². The fraction of sp³-hybridized carbons (Fsp3) is 0.833. The van der Waals surface area contributed by atoms with Crippen LogP contribution in [0.3, 0.4) is 0 Å². The van der Waals surface area contributed by atoms with E-state index in [2.05, 4.69) is 5.32 Å². The summed E-state index contributed by atoms with van der Waals surface area (Å²) in [7, 11) is -1.68. The SMILES string of the molecule is CN(CCS(C)(=O)=O)C(=O)NCC1(C(=O)O)CCOCC1. The van der Waals surface area contributed by atoms with Crippen molar-refractivity contribution in [1.82, 2.24) is 10.2 Å². The van der Waals surface area contributed by atoms with Crippen molar-refractivity contribution in [3.63, 3.8) is 0 Å². The van der Waals surface area contributed by atoms with E-state index < -0.39 is 27.3 Å². The molecule has 8 nitrogen and oxygen atoms in total. The van der Waals surface area contributed by atoms with E-state index in [1.807, 2.05) is 0 Å². The molecule has 0 aromatic carbocycles. The summed E-state index contributed by atoms with van der Waals surface area (Å²) >= 11 is 0. The summed E-state index contributed by atoms with van der Waals surface area (Å²) in [6.45, 7) is 0.778. The van der Waals surface area contributed by atoms with Gasteiger partial charge in [-0.15, -0.1) is 0 Å². The number of nitrogens with one attached hydrogen (secondary N) is 1. The van der Waals surface area contributed by atoms with Crippen LogP contribution in [0.25, 0.3) is 0 Å². The molecule has 1 rings (SSSR count). The summed E-state index contributed by atoms with van der Waals surface area (Å²) in [5, 5.41) is 11.9. The lowest BCUT2D eigenvalue weighted by molar-refractivity contribution is -0.154. The third kappa shape index (κ3) is 5.50. The molecule has 21 heavy (non-hydrogen) atoms. The molecule has 1 aliphatic rings. The summed E-state index contributed by atoms with van der Waals surface area (Å²) in [6, 6.07) is -0.481. The number of ether oxygens (including phenoxy) is 1. The lowest BCUT2D eigenvalue weighted by Crippen LogP contribution is -2.49. The molecule has 0 spiro atoms. The molecule has 0 aliphatic carbocycles. The fourth-order valence-corrected chi connectivity index (χ4v) is 2.62. The number of carboxylic acids is 1. The predicted molar refractivity (Wildman–Crippen MR) is 75.9 cm³/mol. The van der Waals surface area contributed by atoms with E-state index in [9.17, 15) is 23.1 Å². The van der Waals surface area contributed by atoms with Gasteiger partial charge in [-0.25, -0.2) is 13.2 Å². The number of carbonyl (C=O) groups excluding carboxylic acids is 1. The number of urea groups is 1. The molecule has 1 heterocycles. The first-order chi connectivity index (χ1) is 9.66. The van der Waals surface area contributed by atoms with E-state index in [1.165, 1.54) is 11.9 Å². The molecule has 0 aromatic heterocycles. The minimum absolute atomic E-state index is 0.00768. The van der Waals surface area contributed by atoms with Crippen molar-refractivity contribution in [3.8, 4) is 0 Å². The van der Waals surface area contributed by atoms with Gasteiger partial charge in [0.1, 0.15) is 9.84 Å². The largest absolute Gasteiger partial charge is 0.481 e. The normalized spacial score (nSPS) is 18.0. The number of rotatable bonds is 6. The summed E-state index contributed by atoms with van der Waals surface area (Å²) in [5.41, 5.74) is -1.01. The van der Waals surface area contributed by atoms with Gasteiger partial charge in [0.2, 0.25) is 0 Å². The minimum Gasteiger partial charge on any atom is -0.481 e. The molecule has 0 bridgehead atoms. The van der Waals surface area contributed by atoms with Crippen LogP contribution in [0.1, 0.15) is 12.8 Å². The van der Waals surface area contributed by atoms with E-state index in [-0.39, 0.29) is 18.8 Å². The molecule has 1 fully saturated rings. The molecule has 0 unspecified atom stereocenters. The number of carboxylic acid groups (broad SMARTS) is 1. The molecule has 0 atom stereocenters. The molecule has 0 aromatic rings. The Kier molecular flexibility index (Phi) is 5.97. The van der Waals surface area contributed by atoms with Gasteiger partial charge >= 0.3 is 12.0 Å². The first-order valence-corrected chi connectivity index (χ1v) is 8.70. The van der Waals surface area contributed by atoms with Gasteiger partial charge in [-0.05, 0) is 12.8 Å². The topological polar surface area (TPSA) is 113 Å². The molecule has 122 valence electrons. The van der Waals surface area contributed by atoms with Gasteiger partial charge in [0, 0.05) is 39.6 Å². The van der Waals surface area contributed by atoms with Crippen molar-refractivity contribution in [2.75, 3.05) is 45.4 Å². The molecular formula is C12H22N2O6S. The molecule has 9 heteroatoms. The lowest BCUT2D eigenvalue weighted by atomic mass is 9.80. The molecule has 0 radical (unpaired) electrons. The van der Waals surface area contributed by atoms with Crippen LogP contribution in [0, 0.1) is 5.41 Å². The van der Waals surface area contributed by atoms with Crippen LogP contribution in [0.4, 0.5) is 4.79 Å². The fourth-order valence-electron chi connectivity index (χ4n) is 2.01. The van der Waals surface area contributed by atoms with Crippen molar-refractivity contribution < 1.29 is 27.9 Å². The Hall–Kier alpha value is -1.35. The smallest absolute Gasteiger partial charge is 0.317 e. The minimum atomic E-state index is -3.15. The first-order valence-electron chi connectivity index (χ1n) is 6.64. The molecule has 0 saturated carbocycles. The van der Waals surface area contributed by atoms with Crippen LogP contribution >= 0.6 is 0 Å². The van der Waals surface area contributed by atoms with Crippen molar-refractivity contribution in [3.05, 3.63) is 0 Å². The zero-order valence-electron chi connectivity index (χ0n) is 12.3. The molecule has 1 aliphatic heterocycles. The van der Waals surface area contributed by atoms with Crippen molar-refractivity contribution in [1.29, 1.82) is 0 Å². The Morgan fingerprint density at radius 3 is 2.38 bits per heavy atom. The molecular weight excluding hydrogens is 300 g/mol. The van der Waals surface area contributed by atoms with Crippen LogP contribution in [-0.4, -0.2) is 75.8 Å². The standard InChI is InChI=1S/C12H22N2O6S/c1-14(5-8-21(2,18)19)11(17)13-9-12(10(15)16)3-6-20-7-4-12/h3-9H2,1-2H3,(H,13,17)(H,15,16). The zero-order valence-corrected chi connectivity index (χ0v) is 13.1. The van der Waals surface area contributed by atoms with Gasteiger partial charge in [0.25, 0.3) is 0 Å². The van der Waals surface area contributed by atoms with Crippen LogP contribution in [0.5, 0.6) is 0 Å². The average Bonchev–Trinajstić information content (AvgIpc) is 2.42. The van der Waals surface area contributed by atoms with Crippen LogP contribution < -0.4 is 5.32 Å². The van der Waals surface area contributed by atoms with Gasteiger partial charge in [-0.3, -0.25) is 4.79 Å². The monoisotopic (exact) mass is 322 g/mol. The maximum absolute atomic E-state index is 11.9. The molecule has 2 amide bonds. The van der Waals surface area contributed by atoms with Gasteiger partial charge < -0.3 is 20.1 Å². The average molecular weight is 322 g/mol. The number of aliphatic carboxylic acids is 1. The highest BCUT2D eigenvalue weighted by molar-refractivity contribution is 7.90. The quantitative estimate of drug-likeness (QED) is 0.685. The van der Waals surface area contributed by atoms with Gasteiger partial charge in [-0.2, -0.15) is 0 Å². The third-order valence-corrected chi connectivity index (χ3v) is 4.55. The molecule has 1 saturated heterocycles. The summed E-state index contributed by atoms with van der Waals surface area (Å²) in [5.74, 6) is -1.08. The Morgan fingerprint density at radius 2 is 1.90 bits per heavy atom. The number of sulfone groups is 1. The predicted octanol–water partition coefficient (Wildman–Crippen LogP) is -0.446. The van der Waals surface area contributed by atoms with E-state index in [0.717, 1.165) is 6.26 Å². The van der Waals surface area contributed by atoms with Crippen molar-refractivity contribution in [2.24, 2.45) is 5.41 Å². The van der Waals surface area contributed by atoms with E-state index in [1.54, 1.807) is 0 Å². The Labute approximate surface area is 124 Å². The number of hydrogen-bond donors (Lipinski definition) is 2. The highest BCUT2D eigenvalue weighted by atomic mass is 32.2. The summed E-state index contributed by atoms with van der Waals surface area (Å²) in [4.78, 5) is 24.5. The Balaban J connectivity index is 2.51. The van der Waals surface area contributed by atoms with Gasteiger partial charge in [-0.1, -0.05) is 0 Å². The zero-order chi connectivity index (χ0) is 16.1.